The number of amides is 1. The Hall–Kier alpha value is -2.59. The Balaban J connectivity index is 1.16. The maximum atomic E-state index is 13.6. The van der Waals surface area contributed by atoms with Gasteiger partial charge in [0.15, 0.2) is 0 Å². The molecule has 36 heavy (non-hydrogen) atoms. The first kappa shape index (κ1) is 23.8. The maximum Gasteiger partial charge on any atom is 0.246 e. The van der Waals surface area contributed by atoms with Crippen LogP contribution in [0.25, 0.3) is 10.2 Å². The second-order valence-corrected chi connectivity index (χ2v) is 11.0. The number of carbonyl (C=O) groups excluding carboxylic acids is 1. The quantitative estimate of drug-likeness (QED) is 0.475. The molecule has 3 aliphatic heterocycles. The topological polar surface area (TPSA) is 70.6 Å². The summed E-state index contributed by atoms with van der Waals surface area (Å²) in [6.45, 7) is 3.59. The zero-order valence-electron chi connectivity index (χ0n) is 19.8. The van der Waals surface area contributed by atoms with E-state index in [1.165, 1.54) is 37.2 Å². The molecule has 0 radical (unpaired) electrons. The number of hydrogen-bond donors (Lipinski definition) is 1. The highest BCUT2D eigenvalue weighted by atomic mass is 35.5. The van der Waals surface area contributed by atoms with Crippen molar-refractivity contribution in [3.05, 3.63) is 58.0 Å². The van der Waals surface area contributed by atoms with Crippen molar-refractivity contribution in [1.29, 1.82) is 0 Å². The Labute approximate surface area is 217 Å². The lowest BCUT2D eigenvalue weighted by Crippen LogP contribution is -2.54. The molecule has 10 heteroatoms. The SMILES string of the molecule is O=C(/C=C/CN1C2CCCC1COC2)N1CCc2c(sc3ncnc(Nc4ccc(F)c(Cl)c4)c23)C1. The van der Waals surface area contributed by atoms with Crippen LogP contribution >= 0.6 is 22.9 Å². The number of nitrogens with one attached hydrogen (secondary N) is 1. The van der Waals surface area contributed by atoms with Gasteiger partial charge < -0.3 is 15.0 Å². The molecular formula is C26H27ClFN5O2S. The molecule has 2 fully saturated rings. The van der Waals surface area contributed by atoms with Gasteiger partial charge >= 0.3 is 0 Å². The van der Waals surface area contributed by atoms with Crippen LogP contribution in [0.15, 0.2) is 36.7 Å². The van der Waals surface area contributed by atoms with Crippen molar-refractivity contribution in [3.8, 4) is 0 Å². The van der Waals surface area contributed by atoms with E-state index in [-0.39, 0.29) is 10.9 Å². The fraction of sp³-hybridized carbons (Fsp3) is 0.423. The van der Waals surface area contributed by atoms with Gasteiger partial charge in [0.05, 0.1) is 30.2 Å². The molecular weight excluding hydrogens is 501 g/mol. The van der Waals surface area contributed by atoms with Crippen molar-refractivity contribution in [2.75, 3.05) is 31.6 Å². The first-order valence-electron chi connectivity index (χ1n) is 12.3. The molecule has 2 bridgehead atoms. The second kappa shape index (κ2) is 10.0. The first-order chi connectivity index (χ1) is 17.6. The number of nitrogens with zero attached hydrogens (tertiary/aromatic N) is 4. The number of piperidine rings is 1. The fourth-order valence-corrected chi connectivity index (χ4v) is 6.90. The van der Waals surface area contributed by atoms with Crippen molar-refractivity contribution in [3.63, 3.8) is 0 Å². The van der Waals surface area contributed by atoms with Gasteiger partial charge in [-0.15, -0.1) is 11.3 Å². The van der Waals surface area contributed by atoms with Crippen LogP contribution in [-0.2, 0) is 22.5 Å². The highest BCUT2D eigenvalue weighted by Crippen LogP contribution is 2.38. The fourth-order valence-electron chi connectivity index (χ4n) is 5.52. The van der Waals surface area contributed by atoms with E-state index in [0.717, 1.165) is 41.3 Å². The van der Waals surface area contributed by atoms with Crippen LogP contribution in [-0.4, -0.2) is 64.1 Å². The summed E-state index contributed by atoms with van der Waals surface area (Å²) < 4.78 is 19.3. The van der Waals surface area contributed by atoms with E-state index in [4.69, 9.17) is 16.3 Å². The number of benzene rings is 1. The molecule has 2 aromatic heterocycles. The number of rotatable bonds is 5. The summed E-state index contributed by atoms with van der Waals surface area (Å²) in [6.07, 6.45) is 9.61. The number of thiophene rings is 1. The molecule has 0 spiro atoms. The van der Waals surface area contributed by atoms with Crippen molar-refractivity contribution >= 4 is 50.6 Å². The molecule has 6 rings (SSSR count). The van der Waals surface area contributed by atoms with Gasteiger partial charge in [-0.05, 0) is 43.0 Å². The van der Waals surface area contributed by atoms with Gasteiger partial charge in [0, 0.05) is 41.8 Å². The molecule has 1 aromatic carbocycles. The van der Waals surface area contributed by atoms with Crippen LogP contribution in [0.1, 0.15) is 29.7 Å². The minimum Gasteiger partial charge on any atom is -0.378 e. The first-order valence-corrected chi connectivity index (χ1v) is 13.5. The Morgan fingerprint density at radius 3 is 2.92 bits per heavy atom. The van der Waals surface area contributed by atoms with Gasteiger partial charge in [-0.3, -0.25) is 9.69 Å². The smallest absolute Gasteiger partial charge is 0.246 e. The Morgan fingerprint density at radius 1 is 1.28 bits per heavy atom. The largest absolute Gasteiger partial charge is 0.378 e. The second-order valence-electron chi connectivity index (χ2n) is 9.55. The van der Waals surface area contributed by atoms with Gasteiger partial charge in [0.2, 0.25) is 5.91 Å². The average molecular weight is 528 g/mol. The number of morpholine rings is 1. The summed E-state index contributed by atoms with van der Waals surface area (Å²) in [6, 6.07) is 5.45. The van der Waals surface area contributed by atoms with E-state index >= 15 is 0 Å². The number of halogens is 2. The number of anilines is 2. The van der Waals surface area contributed by atoms with Crippen LogP contribution in [0.5, 0.6) is 0 Å². The third-order valence-electron chi connectivity index (χ3n) is 7.34. The van der Waals surface area contributed by atoms with Crippen LogP contribution in [0.4, 0.5) is 15.9 Å². The summed E-state index contributed by atoms with van der Waals surface area (Å²) in [7, 11) is 0. The molecule has 1 N–H and O–H groups in total. The third kappa shape index (κ3) is 4.61. The number of fused-ring (bicyclic) bond motifs is 5. The number of aromatic nitrogens is 2. The summed E-state index contributed by atoms with van der Waals surface area (Å²) in [4.78, 5) is 28.3. The lowest BCUT2D eigenvalue weighted by Gasteiger charge is -2.45. The van der Waals surface area contributed by atoms with Crippen LogP contribution in [0, 0.1) is 5.82 Å². The Kier molecular flexibility index (Phi) is 6.64. The van der Waals surface area contributed by atoms with Crippen LogP contribution in [0.3, 0.4) is 0 Å². The summed E-state index contributed by atoms with van der Waals surface area (Å²) in [5, 5.41) is 4.27. The molecule has 5 heterocycles. The summed E-state index contributed by atoms with van der Waals surface area (Å²) in [5.41, 5.74) is 1.82. The lowest BCUT2D eigenvalue weighted by atomic mass is 9.94. The van der Waals surface area contributed by atoms with E-state index < -0.39 is 5.82 Å². The summed E-state index contributed by atoms with van der Waals surface area (Å²) >= 11 is 7.54. The van der Waals surface area contributed by atoms with Gasteiger partial charge in [0.25, 0.3) is 0 Å². The number of hydrogen-bond acceptors (Lipinski definition) is 7. The van der Waals surface area contributed by atoms with Gasteiger partial charge in [-0.25, -0.2) is 14.4 Å². The van der Waals surface area contributed by atoms with Crippen molar-refractivity contribution in [1.82, 2.24) is 19.8 Å². The highest BCUT2D eigenvalue weighted by Gasteiger charge is 2.33. The highest BCUT2D eigenvalue weighted by molar-refractivity contribution is 7.19. The molecule has 2 unspecified atom stereocenters. The Bertz CT molecular complexity index is 1310. The normalized spacial score (nSPS) is 22.2. The maximum absolute atomic E-state index is 13.6. The molecule has 3 aromatic rings. The van der Waals surface area contributed by atoms with E-state index in [9.17, 15) is 9.18 Å². The van der Waals surface area contributed by atoms with E-state index in [1.807, 2.05) is 11.0 Å². The molecule has 188 valence electrons. The minimum atomic E-state index is -0.463. The molecule has 3 aliphatic rings. The van der Waals surface area contributed by atoms with E-state index in [1.54, 1.807) is 29.5 Å². The van der Waals surface area contributed by atoms with Crippen LogP contribution in [0.2, 0.25) is 5.02 Å². The Morgan fingerprint density at radius 2 is 2.11 bits per heavy atom. The molecule has 0 aliphatic carbocycles. The van der Waals surface area contributed by atoms with Crippen molar-refractivity contribution < 1.29 is 13.9 Å². The molecule has 1 amide bonds. The predicted octanol–water partition coefficient (Wildman–Crippen LogP) is 4.92. The average Bonchev–Trinajstić information content (AvgIpc) is 3.25. The van der Waals surface area contributed by atoms with E-state index in [2.05, 4.69) is 20.2 Å². The van der Waals surface area contributed by atoms with Gasteiger partial charge in [-0.1, -0.05) is 24.1 Å². The van der Waals surface area contributed by atoms with Gasteiger partial charge in [0.1, 0.15) is 22.8 Å². The number of carbonyl (C=O) groups is 1. The van der Waals surface area contributed by atoms with Crippen LogP contribution < -0.4 is 5.32 Å². The van der Waals surface area contributed by atoms with E-state index in [0.29, 0.717) is 36.7 Å². The molecule has 2 saturated heterocycles. The molecule has 7 nitrogen and oxygen atoms in total. The predicted molar refractivity (Wildman–Crippen MR) is 139 cm³/mol. The minimum absolute atomic E-state index is 0.0434. The zero-order valence-corrected chi connectivity index (χ0v) is 21.3. The zero-order chi connectivity index (χ0) is 24.6. The summed E-state index contributed by atoms with van der Waals surface area (Å²) in [5.74, 6) is 0.243. The standard InChI is InChI=1S/C26H27ClFN5O2S/c27-20-11-16(6-7-21(20)28)31-25-24-19-8-10-32(12-22(19)36-26(24)30-15-29-25)23(34)5-2-9-33-17-3-1-4-18(33)14-35-13-17/h2,5-7,11,15,17-18H,1,3-4,8-10,12-14H2,(H,29,30,31)/b5-2+. The van der Waals surface area contributed by atoms with Gasteiger partial charge in [-0.2, -0.15) is 0 Å². The number of ether oxygens (including phenoxy) is 1. The van der Waals surface area contributed by atoms with Crippen molar-refractivity contribution in [2.45, 2.75) is 44.3 Å². The molecule has 2 atom stereocenters. The monoisotopic (exact) mass is 527 g/mol. The van der Waals surface area contributed by atoms with Crippen molar-refractivity contribution in [2.24, 2.45) is 0 Å². The molecule has 0 saturated carbocycles. The lowest BCUT2D eigenvalue weighted by molar-refractivity contribution is -0.126. The third-order valence-corrected chi connectivity index (χ3v) is 8.76.